The maximum atomic E-state index is 14.6. The minimum atomic E-state index is -5.29. The van der Waals surface area contributed by atoms with E-state index in [-0.39, 0.29) is 23.3 Å². The molecule has 8 rings (SSSR count). The average molecular weight is 828 g/mol. The monoisotopic (exact) mass is 828 g/mol. The van der Waals surface area contributed by atoms with Gasteiger partial charge < -0.3 is 0 Å². The number of benzene rings is 6. The number of aromatic nitrogens is 4. The summed E-state index contributed by atoms with van der Waals surface area (Å²) in [7, 11) is 0. The van der Waals surface area contributed by atoms with Crippen molar-refractivity contribution >= 4 is 37.9 Å². The Morgan fingerprint density at radius 1 is 0.436 bits per heavy atom. The second-order valence-corrected chi connectivity index (χ2v) is 20.9. The summed E-state index contributed by atoms with van der Waals surface area (Å²) in [4.78, 5) is 29.2. The molecular weight excluding hydrogens is 791 g/mol. The first-order valence-electron chi connectivity index (χ1n) is 17.9. The van der Waals surface area contributed by atoms with E-state index in [1.807, 2.05) is 172 Å². The van der Waals surface area contributed by atoms with Crippen LogP contribution in [-0.4, -0.2) is 50.3 Å². The van der Waals surface area contributed by atoms with Crippen molar-refractivity contribution in [1.29, 1.82) is 0 Å². The topological polar surface area (TPSA) is 88.2 Å². The Hall–Kier alpha value is -6.52. The Kier molecular flexibility index (Phi) is 9.97. The predicted octanol–water partition coefficient (Wildman–Crippen LogP) is 7.85. The zero-order chi connectivity index (χ0) is 37.8. The first kappa shape index (κ1) is 35.5. The molecule has 0 saturated carbocycles. The fraction of sp³-hybridized carbons (Fsp3) is 0.0435. The second kappa shape index (κ2) is 15.4. The molecule has 2 heterocycles. The molecule has 6 aromatic carbocycles. The first-order chi connectivity index (χ1) is 26.9. The molecule has 0 radical (unpaired) electrons. The Labute approximate surface area is 324 Å². The van der Waals surface area contributed by atoms with Crippen molar-refractivity contribution < 1.29 is 15.7 Å². The third-order valence-electron chi connectivity index (χ3n) is 9.35. The van der Waals surface area contributed by atoms with Gasteiger partial charge in [-0.3, -0.25) is 0 Å². The molecule has 9 heteroatoms. The quantitative estimate of drug-likeness (QED) is 0.0922. The van der Waals surface area contributed by atoms with Crippen molar-refractivity contribution in [2.45, 2.75) is 13.8 Å². The second-order valence-electron chi connectivity index (χ2n) is 13.0. The van der Waals surface area contributed by atoms with Crippen molar-refractivity contribution in [2.24, 2.45) is 0 Å². The summed E-state index contributed by atoms with van der Waals surface area (Å²) < 4.78 is 20.2. The van der Waals surface area contributed by atoms with E-state index in [1.165, 1.54) is 0 Å². The number of rotatable bonds is 12. The van der Waals surface area contributed by atoms with Crippen LogP contribution in [0.5, 0.6) is 11.8 Å². The number of carbonyl (C=O) groups excluding carboxylic acids is 2. The van der Waals surface area contributed by atoms with Crippen LogP contribution in [0, 0.1) is 13.8 Å². The molecular formula is C46H36N4O4Sn. The normalized spacial score (nSPS) is 11.2. The zero-order valence-corrected chi connectivity index (χ0v) is 33.1. The molecule has 8 aromatic rings. The number of carbonyl (C=O) groups is 2. The van der Waals surface area contributed by atoms with Crippen molar-refractivity contribution in [3.05, 3.63) is 216 Å². The van der Waals surface area contributed by atoms with Gasteiger partial charge in [-0.05, 0) is 0 Å². The summed E-state index contributed by atoms with van der Waals surface area (Å²) in [5.74, 6) is 0.0300. The third-order valence-corrected chi connectivity index (χ3v) is 18.3. The first-order valence-corrected chi connectivity index (χ1v) is 23.1. The molecule has 0 unspecified atom stereocenters. The summed E-state index contributed by atoms with van der Waals surface area (Å²) in [5, 5.41) is 9.88. The molecule has 0 spiro atoms. The van der Waals surface area contributed by atoms with Crippen molar-refractivity contribution in [3.8, 4) is 23.1 Å². The SMILES string of the molecule is Cc1nn(-c2ccccc2)c([O][Sn]([O]c2c(C(=O)c3ccccc3)c(C)nn2-c2ccccc2)([c]2ccccc2)[c]2ccccc2)c1C(=O)c1ccccc1. The van der Waals surface area contributed by atoms with E-state index in [9.17, 15) is 9.59 Å². The van der Waals surface area contributed by atoms with Crippen LogP contribution in [0.3, 0.4) is 0 Å². The molecule has 0 bridgehead atoms. The molecule has 0 aliphatic heterocycles. The summed E-state index contributed by atoms with van der Waals surface area (Å²) in [5.41, 5.74) is 4.05. The van der Waals surface area contributed by atoms with Crippen molar-refractivity contribution in [3.63, 3.8) is 0 Å². The van der Waals surface area contributed by atoms with Gasteiger partial charge in [-0.1, -0.05) is 0 Å². The predicted molar refractivity (Wildman–Crippen MR) is 216 cm³/mol. The molecule has 0 N–H and O–H groups in total. The zero-order valence-electron chi connectivity index (χ0n) is 30.2. The van der Waals surface area contributed by atoms with Crippen LogP contribution in [0.4, 0.5) is 0 Å². The Morgan fingerprint density at radius 3 is 1.05 bits per heavy atom. The van der Waals surface area contributed by atoms with Crippen molar-refractivity contribution in [1.82, 2.24) is 19.6 Å². The number of nitrogens with zero attached hydrogens (tertiary/aromatic N) is 4. The van der Waals surface area contributed by atoms with E-state index in [0.29, 0.717) is 45.0 Å². The fourth-order valence-corrected chi connectivity index (χ4v) is 15.3. The average Bonchev–Trinajstić information content (AvgIpc) is 3.76. The molecule has 55 heavy (non-hydrogen) atoms. The molecule has 0 saturated heterocycles. The maximum absolute atomic E-state index is 14.6. The van der Waals surface area contributed by atoms with Gasteiger partial charge >= 0.3 is 326 Å². The Bertz CT molecular complexity index is 2390. The van der Waals surface area contributed by atoms with Crippen LogP contribution in [0.15, 0.2) is 182 Å². The molecule has 0 aliphatic carbocycles. The van der Waals surface area contributed by atoms with Gasteiger partial charge in [0.05, 0.1) is 0 Å². The van der Waals surface area contributed by atoms with Gasteiger partial charge in [-0.2, -0.15) is 0 Å². The van der Waals surface area contributed by atoms with E-state index in [1.54, 1.807) is 33.6 Å². The molecule has 0 aliphatic rings. The summed E-state index contributed by atoms with van der Waals surface area (Å²) in [6.45, 7) is 3.63. The number of hydrogen-bond donors (Lipinski definition) is 0. The van der Waals surface area contributed by atoms with Gasteiger partial charge in [0.25, 0.3) is 0 Å². The van der Waals surface area contributed by atoms with E-state index >= 15 is 0 Å². The minimum absolute atomic E-state index is 0.235. The van der Waals surface area contributed by atoms with E-state index in [4.69, 9.17) is 16.3 Å². The van der Waals surface area contributed by atoms with E-state index in [2.05, 4.69) is 0 Å². The number of ketones is 2. The van der Waals surface area contributed by atoms with Crippen LogP contribution in [0.1, 0.15) is 43.2 Å². The summed E-state index contributed by atoms with van der Waals surface area (Å²) >= 11 is -5.29. The summed E-state index contributed by atoms with van der Waals surface area (Å²) in [6, 6.07) is 57.1. The van der Waals surface area contributed by atoms with Gasteiger partial charge in [-0.15, -0.1) is 0 Å². The van der Waals surface area contributed by atoms with Gasteiger partial charge in [0.2, 0.25) is 0 Å². The fourth-order valence-electron chi connectivity index (χ4n) is 6.69. The van der Waals surface area contributed by atoms with Crippen LogP contribution in [0.2, 0.25) is 0 Å². The van der Waals surface area contributed by atoms with Crippen LogP contribution < -0.4 is 13.3 Å². The van der Waals surface area contributed by atoms with Gasteiger partial charge in [0.1, 0.15) is 0 Å². The van der Waals surface area contributed by atoms with E-state index in [0.717, 1.165) is 7.16 Å². The number of aryl methyl sites for hydroxylation is 2. The standard InChI is InChI=1S/2C17H14N2O2.2C6H5.Sn/c2*1-12-15(16(20)13-8-4-2-5-9-13)17(21)19(18-12)14-10-6-3-7-11-14;2*1-2-4-6-5-3-1;/h2*2-11,21H,1H3;2*1-5H;/q;;;;+2/p-2. The van der Waals surface area contributed by atoms with Crippen molar-refractivity contribution in [2.75, 3.05) is 0 Å². The molecule has 0 fully saturated rings. The molecule has 0 amide bonds. The molecule has 2 aromatic heterocycles. The number of para-hydroxylation sites is 2. The number of hydrogen-bond acceptors (Lipinski definition) is 6. The van der Waals surface area contributed by atoms with Crippen LogP contribution >= 0.6 is 0 Å². The van der Waals surface area contributed by atoms with Crippen LogP contribution in [-0.2, 0) is 0 Å². The van der Waals surface area contributed by atoms with Gasteiger partial charge in [0, 0.05) is 0 Å². The van der Waals surface area contributed by atoms with Gasteiger partial charge in [0.15, 0.2) is 0 Å². The van der Waals surface area contributed by atoms with Gasteiger partial charge in [-0.25, -0.2) is 0 Å². The summed E-state index contributed by atoms with van der Waals surface area (Å²) in [6.07, 6.45) is 0. The molecule has 8 nitrogen and oxygen atoms in total. The molecule has 0 atom stereocenters. The third kappa shape index (κ3) is 6.88. The molecule has 268 valence electrons. The Balaban J connectivity index is 1.43. The van der Waals surface area contributed by atoms with E-state index < -0.39 is 19.2 Å². The Morgan fingerprint density at radius 2 is 0.727 bits per heavy atom. The van der Waals surface area contributed by atoms with Crippen LogP contribution in [0.25, 0.3) is 11.4 Å².